The molecule has 0 unspecified atom stereocenters. The molecule has 3 aromatic heterocycles. The molecular weight excluding hydrogens is 280 g/mol. The van der Waals surface area contributed by atoms with E-state index in [-0.39, 0.29) is 5.91 Å². The molecule has 0 aliphatic heterocycles. The summed E-state index contributed by atoms with van der Waals surface area (Å²) in [6, 6.07) is 7.15. The average Bonchev–Trinajstić information content (AvgIpc) is 2.98. The van der Waals surface area contributed by atoms with Gasteiger partial charge in [-0.1, -0.05) is 0 Å². The first-order valence-electron chi connectivity index (χ1n) is 6.90. The van der Waals surface area contributed by atoms with Crippen LogP contribution in [0.5, 0.6) is 0 Å². The van der Waals surface area contributed by atoms with Crippen LogP contribution in [0.15, 0.2) is 42.9 Å². The van der Waals surface area contributed by atoms with Crippen LogP contribution in [-0.4, -0.2) is 33.3 Å². The summed E-state index contributed by atoms with van der Waals surface area (Å²) in [7, 11) is 0. The number of hydrogen-bond acceptors (Lipinski definition) is 4. The number of fused-ring (bicyclic) bond motifs is 1. The van der Waals surface area contributed by atoms with E-state index in [1.54, 1.807) is 18.3 Å². The first-order valence-corrected chi connectivity index (χ1v) is 6.90. The van der Waals surface area contributed by atoms with Crippen molar-refractivity contribution >= 4 is 23.2 Å². The number of carbonyl (C=O) groups is 2. The van der Waals surface area contributed by atoms with Gasteiger partial charge in [-0.25, -0.2) is 9.97 Å². The highest BCUT2D eigenvalue weighted by molar-refractivity contribution is 5.92. The lowest BCUT2D eigenvalue weighted by Gasteiger charge is -2.06. The maximum atomic E-state index is 11.7. The number of carbonyl (C=O) groups excluding carboxylic acids is 2. The molecule has 6 nitrogen and oxygen atoms in total. The molecule has 0 aromatic carbocycles. The SMILES string of the molecule is CCNC(=O)c1ccc(-n2ccc3cc(C=O)cnc32)cn1. The van der Waals surface area contributed by atoms with Gasteiger partial charge in [-0.05, 0) is 31.2 Å². The Hall–Kier alpha value is -3.02. The zero-order valence-corrected chi connectivity index (χ0v) is 12.0. The highest BCUT2D eigenvalue weighted by atomic mass is 16.1. The molecule has 0 saturated heterocycles. The highest BCUT2D eigenvalue weighted by Gasteiger charge is 2.08. The number of rotatable bonds is 4. The van der Waals surface area contributed by atoms with E-state index in [0.29, 0.717) is 17.8 Å². The molecule has 6 heteroatoms. The monoisotopic (exact) mass is 294 g/mol. The number of amides is 1. The van der Waals surface area contributed by atoms with Crippen LogP contribution in [0.3, 0.4) is 0 Å². The molecule has 0 fully saturated rings. The van der Waals surface area contributed by atoms with Gasteiger partial charge in [0.1, 0.15) is 11.3 Å². The first-order chi connectivity index (χ1) is 10.7. The second-order valence-electron chi connectivity index (χ2n) is 4.75. The normalized spacial score (nSPS) is 10.6. The number of aldehydes is 1. The van der Waals surface area contributed by atoms with Crippen molar-refractivity contribution in [1.29, 1.82) is 0 Å². The van der Waals surface area contributed by atoms with E-state index in [1.165, 1.54) is 6.20 Å². The van der Waals surface area contributed by atoms with Crippen LogP contribution in [0, 0.1) is 0 Å². The molecule has 1 N–H and O–H groups in total. The molecular formula is C16H14N4O2. The van der Waals surface area contributed by atoms with E-state index in [2.05, 4.69) is 15.3 Å². The standard InChI is InChI=1S/C16H14N4O2/c1-2-17-16(22)14-4-3-13(9-18-14)20-6-5-12-7-11(10-21)8-19-15(12)20/h3-10H,2H2,1H3,(H,17,22). The van der Waals surface area contributed by atoms with Crippen molar-refractivity contribution < 1.29 is 9.59 Å². The van der Waals surface area contributed by atoms with Gasteiger partial charge in [-0.15, -0.1) is 0 Å². The molecule has 22 heavy (non-hydrogen) atoms. The van der Waals surface area contributed by atoms with Crippen LogP contribution in [-0.2, 0) is 0 Å². The number of pyridine rings is 2. The third-order valence-corrected chi connectivity index (χ3v) is 3.28. The van der Waals surface area contributed by atoms with Gasteiger partial charge >= 0.3 is 0 Å². The van der Waals surface area contributed by atoms with Gasteiger partial charge in [0.15, 0.2) is 6.29 Å². The third kappa shape index (κ3) is 2.46. The Kier molecular flexibility index (Phi) is 3.65. The minimum atomic E-state index is -0.194. The summed E-state index contributed by atoms with van der Waals surface area (Å²) in [5.74, 6) is -0.194. The Morgan fingerprint density at radius 1 is 1.27 bits per heavy atom. The van der Waals surface area contributed by atoms with Crippen molar-refractivity contribution in [2.24, 2.45) is 0 Å². The molecule has 0 saturated carbocycles. The molecule has 3 rings (SSSR count). The van der Waals surface area contributed by atoms with Crippen LogP contribution >= 0.6 is 0 Å². The van der Waals surface area contributed by atoms with E-state index in [0.717, 1.165) is 23.0 Å². The lowest BCUT2D eigenvalue weighted by Crippen LogP contribution is -2.23. The Morgan fingerprint density at radius 3 is 2.82 bits per heavy atom. The Labute approximate surface area is 126 Å². The fourth-order valence-electron chi connectivity index (χ4n) is 2.23. The summed E-state index contributed by atoms with van der Waals surface area (Å²) in [5, 5.41) is 3.58. The predicted octanol–water partition coefficient (Wildman–Crippen LogP) is 1.98. The largest absolute Gasteiger partial charge is 0.351 e. The zero-order chi connectivity index (χ0) is 15.5. The fourth-order valence-corrected chi connectivity index (χ4v) is 2.23. The molecule has 0 atom stereocenters. The molecule has 1 amide bonds. The van der Waals surface area contributed by atoms with E-state index in [4.69, 9.17) is 0 Å². The maximum Gasteiger partial charge on any atom is 0.269 e. The second kappa shape index (κ2) is 5.77. The molecule has 0 aliphatic carbocycles. The predicted molar refractivity (Wildman–Crippen MR) is 82.3 cm³/mol. The average molecular weight is 294 g/mol. The Morgan fingerprint density at radius 2 is 2.14 bits per heavy atom. The lowest BCUT2D eigenvalue weighted by molar-refractivity contribution is 0.0950. The van der Waals surface area contributed by atoms with Crippen molar-refractivity contribution in [2.45, 2.75) is 6.92 Å². The highest BCUT2D eigenvalue weighted by Crippen LogP contribution is 2.19. The smallest absolute Gasteiger partial charge is 0.269 e. The summed E-state index contributed by atoms with van der Waals surface area (Å²) in [6.45, 7) is 2.42. The Bertz CT molecular complexity index is 837. The van der Waals surface area contributed by atoms with E-state index < -0.39 is 0 Å². The number of nitrogens with zero attached hydrogens (tertiary/aromatic N) is 3. The van der Waals surface area contributed by atoms with Crippen molar-refractivity contribution in [3.05, 3.63) is 54.1 Å². The number of nitrogens with one attached hydrogen (secondary N) is 1. The van der Waals surface area contributed by atoms with E-state index in [1.807, 2.05) is 29.8 Å². The topological polar surface area (TPSA) is 76.9 Å². The van der Waals surface area contributed by atoms with E-state index in [9.17, 15) is 9.59 Å². The van der Waals surface area contributed by atoms with Gasteiger partial charge in [0, 0.05) is 29.9 Å². The molecule has 110 valence electrons. The summed E-state index contributed by atoms with van der Waals surface area (Å²) < 4.78 is 1.86. The van der Waals surface area contributed by atoms with Crippen LogP contribution in [0.1, 0.15) is 27.8 Å². The fraction of sp³-hybridized carbons (Fsp3) is 0.125. The summed E-state index contributed by atoms with van der Waals surface area (Å²) in [6.07, 6.45) is 5.78. The molecule has 0 radical (unpaired) electrons. The number of aromatic nitrogens is 3. The second-order valence-corrected chi connectivity index (χ2v) is 4.75. The minimum Gasteiger partial charge on any atom is -0.351 e. The van der Waals surface area contributed by atoms with Gasteiger partial charge in [0.2, 0.25) is 0 Å². The van der Waals surface area contributed by atoms with Gasteiger partial charge in [0.25, 0.3) is 5.91 Å². The van der Waals surface area contributed by atoms with Gasteiger partial charge < -0.3 is 5.32 Å². The minimum absolute atomic E-state index is 0.194. The Balaban J connectivity index is 1.97. The van der Waals surface area contributed by atoms with Crippen LogP contribution in [0.25, 0.3) is 16.7 Å². The van der Waals surface area contributed by atoms with Crippen molar-refractivity contribution in [3.63, 3.8) is 0 Å². The molecule has 0 spiro atoms. The van der Waals surface area contributed by atoms with E-state index >= 15 is 0 Å². The molecule has 3 heterocycles. The van der Waals surface area contributed by atoms with Crippen molar-refractivity contribution in [2.75, 3.05) is 6.54 Å². The van der Waals surface area contributed by atoms with Crippen LogP contribution < -0.4 is 5.32 Å². The summed E-state index contributed by atoms with van der Waals surface area (Å²) in [4.78, 5) is 31.0. The van der Waals surface area contributed by atoms with Crippen LogP contribution in [0.2, 0.25) is 0 Å². The van der Waals surface area contributed by atoms with Crippen LogP contribution in [0.4, 0.5) is 0 Å². The van der Waals surface area contributed by atoms with Gasteiger partial charge in [-0.3, -0.25) is 14.2 Å². The number of hydrogen-bond donors (Lipinski definition) is 1. The van der Waals surface area contributed by atoms with Crippen molar-refractivity contribution in [3.8, 4) is 5.69 Å². The third-order valence-electron chi connectivity index (χ3n) is 3.28. The van der Waals surface area contributed by atoms with Crippen molar-refractivity contribution in [1.82, 2.24) is 19.9 Å². The van der Waals surface area contributed by atoms with Gasteiger partial charge in [0.05, 0.1) is 11.9 Å². The first kappa shape index (κ1) is 13.9. The molecule has 0 aliphatic rings. The molecule has 3 aromatic rings. The lowest BCUT2D eigenvalue weighted by atomic mass is 10.2. The summed E-state index contributed by atoms with van der Waals surface area (Å²) in [5.41, 5.74) is 2.45. The zero-order valence-electron chi connectivity index (χ0n) is 12.0. The van der Waals surface area contributed by atoms with Gasteiger partial charge in [-0.2, -0.15) is 0 Å². The molecule has 0 bridgehead atoms. The summed E-state index contributed by atoms with van der Waals surface area (Å²) >= 11 is 0. The maximum absolute atomic E-state index is 11.7. The quantitative estimate of drug-likeness (QED) is 0.746.